The maximum Gasteiger partial charge on any atom is 0.249 e. The lowest BCUT2D eigenvalue weighted by molar-refractivity contribution is -0.133. The molecule has 1 unspecified atom stereocenters. The first-order valence-electron chi connectivity index (χ1n) is 5.51. The molecule has 0 bridgehead atoms. The van der Waals surface area contributed by atoms with E-state index in [-0.39, 0.29) is 17.6 Å². The van der Waals surface area contributed by atoms with Crippen LogP contribution in [0.2, 0.25) is 0 Å². The Balaban J connectivity index is 3.70. The van der Waals surface area contributed by atoms with Crippen molar-refractivity contribution in [1.29, 1.82) is 0 Å². The first-order chi connectivity index (χ1) is 6.87. The van der Waals surface area contributed by atoms with Crippen molar-refractivity contribution in [3.05, 3.63) is 0 Å². The summed E-state index contributed by atoms with van der Waals surface area (Å²) in [5.74, 6) is -0.0565. The van der Waals surface area contributed by atoms with E-state index in [0.717, 1.165) is 13.1 Å². The van der Waals surface area contributed by atoms with Gasteiger partial charge in [0.05, 0.1) is 6.61 Å². The summed E-state index contributed by atoms with van der Waals surface area (Å²) >= 11 is 0. The first-order valence-corrected chi connectivity index (χ1v) is 5.51. The Morgan fingerprint density at radius 3 is 2.47 bits per heavy atom. The normalized spacial score (nSPS) is 13.7. The molecule has 0 fully saturated rings. The summed E-state index contributed by atoms with van der Waals surface area (Å²) in [5.41, 5.74) is -0.198. The summed E-state index contributed by atoms with van der Waals surface area (Å²) in [6, 6.07) is 0. The number of amides is 1. The number of nitrogens with one attached hydrogen (secondary N) is 2. The van der Waals surface area contributed by atoms with Gasteiger partial charge < -0.3 is 15.4 Å². The number of rotatable bonds is 6. The lowest BCUT2D eigenvalue weighted by Gasteiger charge is -2.23. The smallest absolute Gasteiger partial charge is 0.249 e. The highest BCUT2D eigenvalue weighted by atomic mass is 16.5. The highest BCUT2D eigenvalue weighted by Crippen LogP contribution is 2.00. The van der Waals surface area contributed by atoms with Gasteiger partial charge >= 0.3 is 0 Å². The zero-order valence-electron chi connectivity index (χ0n) is 10.5. The van der Waals surface area contributed by atoms with Crippen molar-refractivity contribution < 1.29 is 9.53 Å². The zero-order valence-corrected chi connectivity index (χ0v) is 10.5. The van der Waals surface area contributed by atoms with Gasteiger partial charge in [-0.1, -0.05) is 6.92 Å². The van der Waals surface area contributed by atoms with E-state index in [1.54, 1.807) is 6.92 Å². The summed E-state index contributed by atoms with van der Waals surface area (Å²) in [5, 5.41) is 6.01. The molecular formula is C11H24N2O2. The van der Waals surface area contributed by atoms with Gasteiger partial charge in [-0.05, 0) is 34.2 Å². The van der Waals surface area contributed by atoms with E-state index in [1.807, 2.05) is 27.7 Å². The fourth-order valence-electron chi connectivity index (χ4n) is 1.03. The van der Waals surface area contributed by atoms with Crippen LogP contribution in [0.4, 0.5) is 0 Å². The van der Waals surface area contributed by atoms with Crippen LogP contribution in [0.3, 0.4) is 0 Å². The maximum atomic E-state index is 11.6. The minimum absolute atomic E-state index is 0.0565. The highest BCUT2D eigenvalue weighted by Gasteiger charge is 2.19. The second-order valence-electron chi connectivity index (χ2n) is 4.61. The Morgan fingerprint density at radius 1 is 1.40 bits per heavy atom. The van der Waals surface area contributed by atoms with Gasteiger partial charge in [0.2, 0.25) is 5.91 Å². The number of likely N-dealkylation sites (N-methyl/N-ethyl adjacent to an activating group) is 1. The SMILES string of the molecule is CCNCCOC(C)C(=O)NC(C)(C)C. The third-order valence-corrected chi connectivity index (χ3v) is 1.76. The molecule has 15 heavy (non-hydrogen) atoms. The molecule has 0 rings (SSSR count). The van der Waals surface area contributed by atoms with Crippen molar-refractivity contribution >= 4 is 5.91 Å². The second-order valence-corrected chi connectivity index (χ2v) is 4.61. The first kappa shape index (κ1) is 14.4. The molecule has 0 aromatic carbocycles. The van der Waals surface area contributed by atoms with Crippen molar-refractivity contribution in [1.82, 2.24) is 10.6 Å². The molecule has 2 N–H and O–H groups in total. The van der Waals surface area contributed by atoms with E-state index in [1.165, 1.54) is 0 Å². The van der Waals surface area contributed by atoms with Crippen molar-refractivity contribution in [2.45, 2.75) is 46.3 Å². The van der Waals surface area contributed by atoms with E-state index in [0.29, 0.717) is 6.61 Å². The van der Waals surface area contributed by atoms with Crippen LogP contribution in [-0.2, 0) is 9.53 Å². The zero-order chi connectivity index (χ0) is 11.9. The highest BCUT2D eigenvalue weighted by molar-refractivity contribution is 5.80. The maximum absolute atomic E-state index is 11.6. The van der Waals surface area contributed by atoms with E-state index in [2.05, 4.69) is 10.6 Å². The molecule has 0 aliphatic heterocycles. The number of ether oxygens (including phenoxy) is 1. The standard InChI is InChI=1S/C11H24N2O2/c1-6-12-7-8-15-9(2)10(14)13-11(3,4)5/h9,12H,6-8H2,1-5H3,(H,13,14). The van der Waals surface area contributed by atoms with Crippen LogP contribution in [0.25, 0.3) is 0 Å². The van der Waals surface area contributed by atoms with Gasteiger partial charge in [-0.2, -0.15) is 0 Å². The summed E-state index contributed by atoms with van der Waals surface area (Å²) in [7, 11) is 0. The van der Waals surface area contributed by atoms with Crippen LogP contribution in [0, 0.1) is 0 Å². The molecule has 4 nitrogen and oxygen atoms in total. The van der Waals surface area contributed by atoms with Crippen molar-refractivity contribution in [3.8, 4) is 0 Å². The fourth-order valence-corrected chi connectivity index (χ4v) is 1.03. The predicted molar refractivity (Wildman–Crippen MR) is 61.9 cm³/mol. The number of hydrogen-bond acceptors (Lipinski definition) is 3. The molecule has 0 aromatic rings. The van der Waals surface area contributed by atoms with Gasteiger partial charge in [-0.15, -0.1) is 0 Å². The fraction of sp³-hybridized carbons (Fsp3) is 0.909. The van der Waals surface area contributed by atoms with E-state index in [4.69, 9.17) is 4.74 Å². The molecule has 0 saturated heterocycles. The molecule has 0 aliphatic rings. The minimum atomic E-state index is -0.386. The Hall–Kier alpha value is -0.610. The van der Waals surface area contributed by atoms with Crippen LogP contribution in [-0.4, -0.2) is 37.2 Å². The molecule has 90 valence electrons. The van der Waals surface area contributed by atoms with Crippen LogP contribution in [0.15, 0.2) is 0 Å². The van der Waals surface area contributed by atoms with Gasteiger partial charge in [0.1, 0.15) is 6.10 Å². The summed E-state index contributed by atoms with van der Waals surface area (Å²) in [6.45, 7) is 11.9. The van der Waals surface area contributed by atoms with E-state index in [9.17, 15) is 4.79 Å². The Labute approximate surface area is 92.8 Å². The van der Waals surface area contributed by atoms with Crippen LogP contribution in [0.5, 0.6) is 0 Å². The largest absolute Gasteiger partial charge is 0.367 e. The monoisotopic (exact) mass is 216 g/mol. The summed E-state index contributed by atoms with van der Waals surface area (Å²) in [6.07, 6.45) is -0.386. The minimum Gasteiger partial charge on any atom is -0.367 e. The Kier molecular flexibility index (Phi) is 6.52. The molecule has 1 atom stereocenters. The van der Waals surface area contributed by atoms with Gasteiger partial charge in [-0.3, -0.25) is 4.79 Å². The van der Waals surface area contributed by atoms with Crippen LogP contribution in [0.1, 0.15) is 34.6 Å². The second kappa shape index (κ2) is 6.80. The van der Waals surface area contributed by atoms with E-state index >= 15 is 0 Å². The van der Waals surface area contributed by atoms with Crippen molar-refractivity contribution in [2.24, 2.45) is 0 Å². The molecular weight excluding hydrogens is 192 g/mol. The lowest BCUT2D eigenvalue weighted by Crippen LogP contribution is -2.46. The van der Waals surface area contributed by atoms with E-state index < -0.39 is 0 Å². The molecule has 4 heteroatoms. The van der Waals surface area contributed by atoms with Gasteiger partial charge in [0.15, 0.2) is 0 Å². The molecule has 0 aliphatic carbocycles. The Bertz CT molecular complexity index is 188. The lowest BCUT2D eigenvalue weighted by atomic mass is 10.1. The molecule has 0 heterocycles. The van der Waals surface area contributed by atoms with Gasteiger partial charge in [0, 0.05) is 12.1 Å². The number of hydrogen-bond donors (Lipinski definition) is 2. The third-order valence-electron chi connectivity index (χ3n) is 1.76. The molecule has 0 aromatic heterocycles. The van der Waals surface area contributed by atoms with Crippen LogP contribution < -0.4 is 10.6 Å². The summed E-state index contributed by atoms with van der Waals surface area (Å²) < 4.78 is 5.38. The van der Waals surface area contributed by atoms with Crippen molar-refractivity contribution in [2.75, 3.05) is 19.7 Å². The Morgan fingerprint density at radius 2 is 2.00 bits per heavy atom. The third kappa shape index (κ3) is 8.39. The summed E-state index contributed by atoms with van der Waals surface area (Å²) in [4.78, 5) is 11.6. The average molecular weight is 216 g/mol. The molecule has 0 saturated carbocycles. The average Bonchev–Trinajstić information content (AvgIpc) is 2.09. The molecule has 0 spiro atoms. The number of carbonyl (C=O) groups excluding carboxylic acids is 1. The van der Waals surface area contributed by atoms with Gasteiger partial charge in [-0.25, -0.2) is 0 Å². The molecule has 0 radical (unpaired) electrons. The molecule has 1 amide bonds. The quantitative estimate of drug-likeness (QED) is 0.649. The van der Waals surface area contributed by atoms with Crippen LogP contribution >= 0.6 is 0 Å². The number of carbonyl (C=O) groups is 1. The predicted octanol–water partition coefficient (Wildman–Crippen LogP) is 0.916. The van der Waals surface area contributed by atoms with Crippen molar-refractivity contribution in [3.63, 3.8) is 0 Å². The topological polar surface area (TPSA) is 50.4 Å². The van der Waals surface area contributed by atoms with Gasteiger partial charge in [0.25, 0.3) is 0 Å².